The van der Waals surface area contributed by atoms with Gasteiger partial charge in [0.25, 0.3) is 5.91 Å². The predicted octanol–water partition coefficient (Wildman–Crippen LogP) is 9.75. The van der Waals surface area contributed by atoms with Gasteiger partial charge in [-0.15, -0.1) is 0 Å². The van der Waals surface area contributed by atoms with E-state index in [1.54, 1.807) is 27.0 Å². The fourth-order valence-electron chi connectivity index (χ4n) is 10.2. The van der Waals surface area contributed by atoms with Gasteiger partial charge in [0.05, 0.1) is 61.5 Å². The smallest absolute Gasteiger partial charge is 0.335 e. The molecule has 2 fully saturated rings. The highest BCUT2D eigenvalue weighted by Crippen LogP contribution is 2.34. The summed E-state index contributed by atoms with van der Waals surface area (Å²) in [6, 6.07) is 35.3. The van der Waals surface area contributed by atoms with Crippen LogP contribution in [0.1, 0.15) is 78.5 Å². The van der Waals surface area contributed by atoms with Crippen molar-refractivity contribution in [2.75, 3.05) is 93.2 Å². The monoisotopic (exact) mass is 1160 g/mol. The van der Waals surface area contributed by atoms with Crippen LogP contribution in [-0.4, -0.2) is 109 Å². The van der Waals surface area contributed by atoms with E-state index in [9.17, 15) is 47.0 Å². The molecule has 4 N–H and O–H groups in total. The van der Waals surface area contributed by atoms with E-state index in [4.69, 9.17) is 18.3 Å². The average Bonchev–Trinajstić information content (AvgIpc) is 3.64. The Morgan fingerprint density at radius 2 is 0.988 bits per heavy atom. The van der Waals surface area contributed by atoms with Crippen LogP contribution >= 0.6 is 0 Å². The number of carboxylic acids is 1. The zero-order valence-corrected chi connectivity index (χ0v) is 48.2. The molecular formula is C63H67F4N5O10Si. The largest absolute Gasteiger partial charge is 0.478 e. The molecule has 10 rings (SSSR count). The zero-order chi connectivity index (χ0) is 59.5. The first-order chi connectivity index (χ1) is 39.7. The SMILES string of the molecule is CC(C)(C)[SiH](c1ccccc1)c1ccccc1.CC(Nc1cc(F)cc(F)c1)c1cc(C(=O)N(C)CCO)cc2c(=O)cc(N3CCOCC3)oc12.CC(Nc1cc(F)cc(F)c1)c1cc(C(=O)O)cc2c(=O)cc(N3CCOCC3)oc12. The number of benzene rings is 6. The predicted molar refractivity (Wildman–Crippen MR) is 318 cm³/mol. The van der Waals surface area contributed by atoms with Gasteiger partial charge in [0.2, 0.25) is 0 Å². The first-order valence-electron chi connectivity index (χ1n) is 27.2. The van der Waals surface area contributed by atoms with E-state index in [0.29, 0.717) is 80.5 Å². The summed E-state index contributed by atoms with van der Waals surface area (Å²) in [5.41, 5.74) is 1.16. The van der Waals surface area contributed by atoms with Gasteiger partial charge in [-0.05, 0) is 67.4 Å². The molecule has 2 aromatic heterocycles. The lowest BCUT2D eigenvalue weighted by molar-refractivity contribution is 0.0696. The number of ether oxygens (including phenoxy) is 2. The summed E-state index contributed by atoms with van der Waals surface area (Å²) in [5.74, 6) is -3.83. The second kappa shape index (κ2) is 27.2. The van der Waals surface area contributed by atoms with Gasteiger partial charge < -0.3 is 53.9 Å². The molecule has 0 saturated carbocycles. The summed E-state index contributed by atoms with van der Waals surface area (Å²) in [7, 11) is 0.407. The molecular weight excluding hydrogens is 1090 g/mol. The number of aromatic carboxylic acids is 1. The topological polar surface area (TPSA) is 187 Å². The molecule has 2 unspecified atom stereocenters. The number of aliphatic hydroxyl groups is 1. The maximum Gasteiger partial charge on any atom is 0.335 e. The first kappa shape index (κ1) is 60.8. The maximum atomic E-state index is 13.8. The molecule has 15 nitrogen and oxygen atoms in total. The summed E-state index contributed by atoms with van der Waals surface area (Å²) >= 11 is 0. The molecule has 2 atom stereocenters. The zero-order valence-electron chi connectivity index (χ0n) is 47.0. The van der Waals surface area contributed by atoms with Crippen molar-refractivity contribution in [1.29, 1.82) is 0 Å². The molecule has 83 heavy (non-hydrogen) atoms. The molecule has 4 heterocycles. The Balaban J connectivity index is 0.000000172. The molecule has 8 aromatic rings. The van der Waals surface area contributed by atoms with Crippen molar-refractivity contribution in [2.24, 2.45) is 0 Å². The number of rotatable bonds is 14. The van der Waals surface area contributed by atoms with E-state index >= 15 is 0 Å². The number of carbonyl (C=O) groups excluding carboxylic acids is 1. The van der Waals surface area contributed by atoms with Crippen LogP contribution in [0.5, 0.6) is 0 Å². The lowest BCUT2D eigenvalue weighted by Gasteiger charge is -2.30. The second-order valence-corrected chi connectivity index (χ2v) is 25.3. The summed E-state index contributed by atoms with van der Waals surface area (Å²) in [5, 5.41) is 28.4. The number of morpholine rings is 2. The maximum absolute atomic E-state index is 13.8. The van der Waals surface area contributed by atoms with Crippen molar-refractivity contribution in [1.82, 2.24) is 4.90 Å². The number of nitrogens with zero attached hydrogens (tertiary/aromatic N) is 3. The molecule has 2 aliphatic rings. The molecule has 0 spiro atoms. The number of amides is 1. The first-order valence-corrected chi connectivity index (χ1v) is 28.9. The Kier molecular flexibility index (Phi) is 19.9. The quantitative estimate of drug-likeness (QED) is 0.0595. The van der Waals surface area contributed by atoms with Crippen molar-refractivity contribution < 1.29 is 55.7 Å². The Bertz CT molecular complexity index is 3610. The molecule has 0 aliphatic carbocycles. The van der Waals surface area contributed by atoms with Crippen LogP contribution in [0.3, 0.4) is 0 Å². The van der Waals surface area contributed by atoms with Crippen LogP contribution in [0, 0.1) is 23.3 Å². The van der Waals surface area contributed by atoms with E-state index in [-0.39, 0.29) is 74.4 Å². The van der Waals surface area contributed by atoms with Crippen molar-refractivity contribution in [3.63, 3.8) is 0 Å². The Hall–Kier alpha value is -8.30. The van der Waals surface area contributed by atoms with Crippen molar-refractivity contribution >= 4 is 76.1 Å². The van der Waals surface area contributed by atoms with Crippen LogP contribution in [0.4, 0.5) is 40.7 Å². The number of aliphatic hydroxyl groups excluding tert-OH is 1. The van der Waals surface area contributed by atoms with Gasteiger partial charge in [-0.3, -0.25) is 14.4 Å². The van der Waals surface area contributed by atoms with Gasteiger partial charge >= 0.3 is 5.97 Å². The minimum absolute atomic E-state index is 0.0898. The highest BCUT2D eigenvalue weighted by atomic mass is 28.3. The number of hydrogen-bond donors (Lipinski definition) is 4. The Labute approximate surface area is 479 Å². The van der Waals surface area contributed by atoms with Crippen LogP contribution in [0.15, 0.2) is 152 Å². The van der Waals surface area contributed by atoms with Crippen molar-refractivity contribution in [2.45, 2.75) is 51.7 Å². The molecule has 0 bridgehead atoms. The fraction of sp³-hybridized carbons (Fsp3) is 0.302. The van der Waals surface area contributed by atoms with Gasteiger partial charge in [0, 0.05) is 92.1 Å². The standard InChI is InChI=1S/C25H27F2N3O5.C22H20F2N2O5.C16H20Si/c1-15(28-19-12-17(26)11-18(27)13-19)20-9-16(25(33)29(2)3-6-31)10-21-22(32)14-23(35-24(20)21)30-4-7-34-8-5-30;1-12(25-16-9-14(23)8-15(24)10-16)17-6-13(22(28)29)7-18-19(27)11-20(31-21(17)18)26-2-4-30-5-3-26;1-16(2,3)17(14-10-6-4-7-11-14)15-12-8-5-9-13-15/h9-15,28,31H,3-8H2,1-2H3;6-12,25H,2-5H2,1H3,(H,28,29);4-13,17H,1-3H3. The van der Waals surface area contributed by atoms with Crippen molar-refractivity contribution in [3.05, 3.63) is 199 Å². The van der Waals surface area contributed by atoms with Gasteiger partial charge in [0.15, 0.2) is 22.6 Å². The molecule has 1 amide bonds. The third-order valence-corrected chi connectivity index (χ3v) is 18.0. The lowest BCUT2D eigenvalue weighted by Crippen LogP contribution is -2.48. The summed E-state index contributed by atoms with van der Waals surface area (Å²) in [4.78, 5) is 55.6. The number of carbonyl (C=O) groups is 2. The lowest BCUT2D eigenvalue weighted by atomic mass is 9.99. The summed E-state index contributed by atoms with van der Waals surface area (Å²) < 4.78 is 77.6. The third-order valence-electron chi connectivity index (χ3n) is 14.2. The number of fused-ring (bicyclic) bond motifs is 2. The molecule has 0 radical (unpaired) electrons. The number of carboxylic acid groups (broad SMARTS) is 1. The molecule has 436 valence electrons. The fourth-order valence-corrected chi connectivity index (χ4v) is 13.8. The molecule has 2 saturated heterocycles. The summed E-state index contributed by atoms with van der Waals surface area (Å²) in [6.07, 6.45) is 0. The summed E-state index contributed by atoms with van der Waals surface area (Å²) in [6.45, 7) is 14.6. The minimum atomic E-state index is -1.20. The third kappa shape index (κ3) is 15.4. The van der Waals surface area contributed by atoms with E-state index in [1.165, 1.54) is 45.6 Å². The number of anilines is 4. The highest BCUT2D eigenvalue weighted by molar-refractivity contribution is 6.87. The van der Waals surface area contributed by atoms with Crippen LogP contribution in [0.2, 0.25) is 5.04 Å². The minimum Gasteiger partial charge on any atom is -0.478 e. The molecule has 2 aliphatic heterocycles. The van der Waals surface area contributed by atoms with Crippen LogP contribution in [0.25, 0.3) is 21.9 Å². The van der Waals surface area contributed by atoms with Gasteiger partial charge in [0.1, 0.15) is 43.2 Å². The van der Waals surface area contributed by atoms with E-state index in [0.717, 1.165) is 36.4 Å². The number of hydrogen-bond acceptors (Lipinski definition) is 13. The molecule has 20 heteroatoms. The van der Waals surface area contributed by atoms with Crippen LogP contribution in [-0.2, 0) is 9.47 Å². The van der Waals surface area contributed by atoms with Gasteiger partial charge in [-0.25, -0.2) is 22.4 Å². The van der Waals surface area contributed by atoms with Gasteiger partial charge in [-0.2, -0.15) is 0 Å². The Morgan fingerprint density at radius 3 is 1.36 bits per heavy atom. The molecule has 6 aromatic carbocycles. The van der Waals surface area contributed by atoms with Crippen molar-refractivity contribution in [3.8, 4) is 0 Å². The number of halogens is 4. The number of likely N-dealkylation sites (N-methyl/N-ethyl adjacent to an activating group) is 1. The highest BCUT2D eigenvalue weighted by Gasteiger charge is 2.30. The second-order valence-electron chi connectivity index (χ2n) is 21.4. The van der Waals surface area contributed by atoms with E-state index < -0.39 is 50.1 Å². The normalized spacial score (nSPS) is 14.3. The van der Waals surface area contributed by atoms with E-state index in [2.05, 4.69) is 92.1 Å². The van der Waals surface area contributed by atoms with Crippen LogP contribution < -0.4 is 41.7 Å². The number of nitrogens with one attached hydrogen (secondary N) is 2. The Morgan fingerprint density at radius 1 is 0.602 bits per heavy atom. The average molecular weight is 1160 g/mol. The van der Waals surface area contributed by atoms with Gasteiger partial charge in [-0.1, -0.05) is 91.8 Å². The van der Waals surface area contributed by atoms with E-state index in [1.807, 2.05) is 9.80 Å².